The predicted octanol–water partition coefficient (Wildman–Crippen LogP) is 3.00. The second kappa shape index (κ2) is 5.36. The first-order valence-electron chi connectivity index (χ1n) is 6.23. The van der Waals surface area contributed by atoms with Crippen LogP contribution in [0.1, 0.15) is 25.1 Å². The fourth-order valence-corrected chi connectivity index (χ4v) is 2.63. The highest BCUT2D eigenvalue weighted by Crippen LogP contribution is 2.23. The van der Waals surface area contributed by atoms with Crippen molar-refractivity contribution in [3.63, 3.8) is 0 Å². The van der Waals surface area contributed by atoms with E-state index in [2.05, 4.69) is 28.1 Å². The van der Waals surface area contributed by atoms with Gasteiger partial charge < -0.3 is 9.09 Å². The fourth-order valence-electron chi connectivity index (χ4n) is 1.89. The van der Waals surface area contributed by atoms with Gasteiger partial charge in [-0.1, -0.05) is 18.1 Å². The summed E-state index contributed by atoms with van der Waals surface area (Å²) >= 11 is 1.67. The summed E-state index contributed by atoms with van der Waals surface area (Å²) in [5.74, 6) is 2.34. The number of thiophene rings is 1. The molecule has 98 valence electrons. The second-order valence-electron chi connectivity index (χ2n) is 4.21. The predicted molar refractivity (Wildman–Crippen MR) is 72.9 cm³/mol. The SMILES string of the molecule is CCCc1nc(Cn2ccnc2-c2cccs2)no1. The molecule has 0 unspecified atom stereocenters. The zero-order valence-corrected chi connectivity index (χ0v) is 11.4. The molecule has 3 rings (SSSR count). The van der Waals surface area contributed by atoms with Crippen LogP contribution >= 0.6 is 11.3 Å². The van der Waals surface area contributed by atoms with Crippen LogP contribution in [0.2, 0.25) is 0 Å². The largest absolute Gasteiger partial charge is 0.339 e. The number of hydrogen-bond donors (Lipinski definition) is 0. The molecule has 3 aromatic heterocycles. The quantitative estimate of drug-likeness (QED) is 0.717. The normalized spacial score (nSPS) is 11.0. The summed E-state index contributed by atoms with van der Waals surface area (Å²) in [5.41, 5.74) is 0. The van der Waals surface area contributed by atoms with Gasteiger partial charge in [0.05, 0.1) is 11.4 Å². The van der Waals surface area contributed by atoms with Crippen molar-refractivity contribution >= 4 is 11.3 Å². The summed E-state index contributed by atoms with van der Waals surface area (Å²) in [6.45, 7) is 2.68. The summed E-state index contributed by atoms with van der Waals surface area (Å²) in [5, 5.41) is 6.04. The van der Waals surface area contributed by atoms with Crippen LogP contribution < -0.4 is 0 Å². The number of aryl methyl sites for hydroxylation is 1. The van der Waals surface area contributed by atoms with Gasteiger partial charge in [0.1, 0.15) is 5.82 Å². The molecule has 0 radical (unpaired) electrons. The first kappa shape index (κ1) is 12.1. The molecule has 3 aromatic rings. The van der Waals surface area contributed by atoms with Crippen molar-refractivity contribution in [2.24, 2.45) is 0 Å². The van der Waals surface area contributed by atoms with Gasteiger partial charge >= 0.3 is 0 Å². The van der Waals surface area contributed by atoms with Gasteiger partial charge in [-0.2, -0.15) is 4.98 Å². The monoisotopic (exact) mass is 274 g/mol. The Morgan fingerprint density at radius 1 is 1.42 bits per heavy atom. The van der Waals surface area contributed by atoms with Crippen LogP contribution in [0, 0.1) is 0 Å². The van der Waals surface area contributed by atoms with Crippen LogP contribution in [0.25, 0.3) is 10.7 Å². The number of rotatable bonds is 5. The molecule has 0 N–H and O–H groups in total. The minimum atomic E-state index is 0.584. The van der Waals surface area contributed by atoms with Crippen molar-refractivity contribution in [3.05, 3.63) is 41.6 Å². The molecule has 0 aliphatic heterocycles. The Bertz CT molecular complexity index is 641. The Balaban J connectivity index is 1.81. The van der Waals surface area contributed by atoms with Crippen molar-refractivity contribution in [2.75, 3.05) is 0 Å². The zero-order chi connectivity index (χ0) is 13.1. The molecular formula is C13H14N4OS. The van der Waals surface area contributed by atoms with Gasteiger partial charge in [0.25, 0.3) is 0 Å². The van der Waals surface area contributed by atoms with Crippen molar-refractivity contribution in [1.82, 2.24) is 19.7 Å². The molecule has 0 aliphatic carbocycles. The molecule has 0 bridgehead atoms. The molecular weight excluding hydrogens is 260 g/mol. The topological polar surface area (TPSA) is 56.7 Å². The van der Waals surface area contributed by atoms with Gasteiger partial charge in [0, 0.05) is 18.8 Å². The molecule has 3 heterocycles. The maximum atomic E-state index is 5.19. The molecule has 0 atom stereocenters. The Kier molecular flexibility index (Phi) is 3.41. The van der Waals surface area contributed by atoms with E-state index in [0.29, 0.717) is 18.3 Å². The van der Waals surface area contributed by atoms with Gasteiger partial charge in [-0.15, -0.1) is 11.3 Å². The van der Waals surface area contributed by atoms with E-state index in [9.17, 15) is 0 Å². The molecule has 0 aromatic carbocycles. The third-order valence-corrected chi connectivity index (χ3v) is 3.61. The van der Waals surface area contributed by atoms with Gasteiger partial charge in [0.2, 0.25) is 5.89 Å². The highest BCUT2D eigenvalue weighted by atomic mass is 32.1. The van der Waals surface area contributed by atoms with Crippen molar-refractivity contribution in [2.45, 2.75) is 26.3 Å². The van der Waals surface area contributed by atoms with E-state index < -0.39 is 0 Å². The van der Waals surface area contributed by atoms with E-state index in [1.807, 2.05) is 22.2 Å². The fraction of sp³-hybridized carbons (Fsp3) is 0.308. The zero-order valence-electron chi connectivity index (χ0n) is 10.6. The van der Waals surface area contributed by atoms with E-state index in [1.165, 1.54) is 0 Å². The number of aromatic nitrogens is 4. The summed E-state index contributed by atoms with van der Waals surface area (Å²) in [6, 6.07) is 4.08. The summed E-state index contributed by atoms with van der Waals surface area (Å²) in [4.78, 5) is 9.90. The summed E-state index contributed by atoms with van der Waals surface area (Å²) in [6.07, 6.45) is 5.56. The Morgan fingerprint density at radius 2 is 2.37 bits per heavy atom. The first-order chi connectivity index (χ1) is 9.36. The van der Waals surface area contributed by atoms with Crippen LogP contribution in [-0.2, 0) is 13.0 Å². The third kappa shape index (κ3) is 2.58. The standard InChI is InChI=1S/C13H14N4OS/c1-2-4-12-15-11(16-18-12)9-17-7-6-14-13(17)10-5-3-8-19-10/h3,5-8H,2,4,9H2,1H3. The summed E-state index contributed by atoms with van der Waals surface area (Å²) in [7, 11) is 0. The van der Waals surface area contributed by atoms with Gasteiger partial charge in [-0.05, 0) is 17.9 Å². The van der Waals surface area contributed by atoms with E-state index in [1.54, 1.807) is 17.5 Å². The molecule has 0 saturated carbocycles. The molecule has 0 spiro atoms. The maximum Gasteiger partial charge on any atom is 0.226 e. The molecule has 6 heteroatoms. The van der Waals surface area contributed by atoms with E-state index in [-0.39, 0.29) is 0 Å². The number of imidazole rings is 1. The summed E-state index contributed by atoms with van der Waals surface area (Å²) < 4.78 is 7.23. The van der Waals surface area contributed by atoms with Crippen LogP contribution in [0.3, 0.4) is 0 Å². The highest BCUT2D eigenvalue weighted by Gasteiger charge is 2.11. The molecule has 0 amide bonds. The van der Waals surface area contributed by atoms with E-state index in [4.69, 9.17) is 4.52 Å². The van der Waals surface area contributed by atoms with Gasteiger partial charge in [-0.25, -0.2) is 4.98 Å². The van der Waals surface area contributed by atoms with Gasteiger partial charge in [0.15, 0.2) is 5.82 Å². The molecule has 0 aliphatic rings. The van der Waals surface area contributed by atoms with Crippen molar-refractivity contribution in [1.29, 1.82) is 0 Å². The van der Waals surface area contributed by atoms with Crippen LogP contribution in [0.4, 0.5) is 0 Å². The number of hydrogen-bond acceptors (Lipinski definition) is 5. The van der Waals surface area contributed by atoms with Crippen molar-refractivity contribution < 1.29 is 4.52 Å². The minimum absolute atomic E-state index is 0.584. The van der Waals surface area contributed by atoms with Gasteiger partial charge in [-0.3, -0.25) is 0 Å². The van der Waals surface area contributed by atoms with Crippen LogP contribution in [0.15, 0.2) is 34.4 Å². The van der Waals surface area contributed by atoms with Crippen LogP contribution in [-0.4, -0.2) is 19.7 Å². The lowest BCUT2D eigenvalue weighted by molar-refractivity contribution is 0.371. The smallest absolute Gasteiger partial charge is 0.226 e. The third-order valence-electron chi connectivity index (χ3n) is 2.74. The lowest BCUT2D eigenvalue weighted by Gasteiger charge is -2.02. The minimum Gasteiger partial charge on any atom is -0.339 e. The van der Waals surface area contributed by atoms with E-state index in [0.717, 1.165) is 23.5 Å². The number of nitrogens with zero attached hydrogens (tertiary/aromatic N) is 4. The average molecular weight is 274 g/mol. The van der Waals surface area contributed by atoms with E-state index >= 15 is 0 Å². The average Bonchev–Trinajstić information content (AvgIpc) is 3.11. The maximum absolute atomic E-state index is 5.19. The van der Waals surface area contributed by atoms with Crippen LogP contribution in [0.5, 0.6) is 0 Å². The Hall–Kier alpha value is -1.95. The Labute approximate surface area is 114 Å². The molecule has 0 fully saturated rings. The molecule has 19 heavy (non-hydrogen) atoms. The first-order valence-corrected chi connectivity index (χ1v) is 7.11. The lowest BCUT2D eigenvalue weighted by Crippen LogP contribution is -2.02. The second-order valence-corrected chi connectivity index (χ2v) is 5.16. The Morgan fingerprint density at radius 3 is 3.16 bits per heavy atom. The molecule has 5 nitrogen and oxygen atoms in total. The lowest BCUT2D eigenvalue weighted by atomic mass is 10.3. The molecule has 0 saturated heterocycles. The highest BCUT2D eigenvalue weighted by molar-refractivity contribution is 7.13. The van der Waals surface area contributed by atoms with Crippen molar-refractivity contribution in [3.8, 4) is 10.7 Å².